The summed E-state index contributed by atoms with van der Waals surface area (Å²) in [6, 6.07) is 39.7. The van der Waals surface area contributed by atoms with Gasteiger partial charge in [-0.2, -0.15) is 0 Å². The van der Waals surface area contributed by atoms with Gasteiger partial charge in [-0.3, -0.25) is 0 Å². The third-order valence-corrected chi connectivity index (χ3v) is 11.7. The quantitative estimate of drug-likeness (QED) is 0.122. The van der Waals surface area contributed by atoms with Crippen LogP contribution in [0, 0.1) is 18.1 Å². The van der Waals surface area contributed by atoms with E-state index in [0.717, 1.165) is 28.9 Å². The van der Waals surface area contributed by atoms with Gasteiger partial charge in [-0.05, 0) is 22.9 Å². The molecule has 0 bridgehead atoms. The number of hydrogen-bond acceptors (Lipinski definition) is 2. The van der Waals surface area contributed by atoms with Crippen molar-refractivity contribution in [1.29, 1.82) is 0 Å². The summed E-state index contributed by atoms with van der Waals surface area (Å²) in [7, 11) is 0. The predicted molar refractivity (Wildman–Crippen MR) is 177 cm³/mol. The molecule has 0 aliphatic rings. The van der Waals surface area contributed by atoms with E-state index in [1.54, 1.807) is 4.40 Å². The van der Waals surface area contributed by atoms with Crippen molar-refractivity contribution in [3.63, 3.8) is 0 Å². The molecule has 3 aromatic carbocycles. The van der Waals surface area contributed by atoms with Crippen molar-refractivity contribution in [1.82, 2.24) is 9.97 Å². The van der Waals surface area contributed by atoms with Crippen molar-refractivity contribution < 1.29 is 20.1 Å². The average Bonchev–Trinajstić information content (AvgIpc) is 2.98. The van der Waals surface area contributed by atoms with E-state index in [0.29, 0.717) is 5.92 Å². The van der Waals surface area contributed by atoms with Gasteiger partial charge >= 0.3 is 126 Å². The predicted octanol–water partition coefficient (Wildman–Crippen LogP) is 9.16. The summed E-state index contributed by atoms with van der Waals surface area (Å²) in [6.45, 7) is 9.06. The number of rotatable bonds is 7. The molecule has 219 valence electrons. The monoisotopic (exact) mass is 793 g/mol. The zero-order valence-electron chi connectivity index (χ0n) is 25.9. The summed E-state index contributed by atoms with van der Waals surface area (Å²) in [6.07, 6.45) is 5.16. The second-order valence-electron chi connectivity index (χ2n) is 12.5. The van der Waals surface area contributed by atoms with Crippen LogP contribution in [0.15, 0.2) is 109 Å². The van der Waals surface area contributed by atoms with Crippen LogP contribution in [0.2, 0.25) is 17.3 Å². The third-order valence-electron chi connectivity index (χ3n) is 7.37. The van der Waals surface area contributed by atoms with E-state index in [9.17, 15) is 0 Å². The Labute approximate surface area is 269 Å². The maximum atomic E-state index is 4.70. The Balaban J connectivity index is 0.000000225. The van der Waals surface area contributed by atoms with Gasteiger partial charge in [-0.25, -0.2) is 0 Å². The maximum absolute atomic E-state index is 4.70. The molecule has 0 saturated heterocycles. The Morgan fingerprint density at radius 1 is 0.714 bits per heavy atom. The molecule has 2 aromatic heterocycles. The SMILES string of the molecule is CC(C)(c1ccccc1)c1ccnc(-c2[c-]cccc2)c1.CC(C)Cc1cc(-c2[c-]cccc2)nc[c]1[Ge]([CH3])([CH3])[CH3].[Ir]. The van der Waals surface area contributed by atoms with Crippen molar-refractivity contribution in [3.05, 3.63) is 138 Å². The Bertz CT molecular complexity index is 1530. The minimum atomic E-state index is -1.86. The summed E-state index contributed by atoms with van der Waals surface area (Å²) in [5.74, 6) is 7.99. The molecule has 0 aliphatic heterocycles. The molecule has 2 nitrogen and oxygen atoms in total. The van der Waals surface area contributed by atoms with Crippen LogP contribution in [0.5, 0.6) is 0 Å². The van der Waals surface area contributed by atoms with Crippen molar-refractivity contribution >= 4 is 17.7 Å². The summed E-state index contributed by atoms with van der Waals surface area (Å²) in [4.78, 5) is 9.18. The summed E-state index contributed by atoms with van der Waals surface area (Å²) in [5.41, 5.74) is 8.15. The normalized spacial score (nSPS) is 11.3. The van der Waals surface area contributed by atoms with Gasteiger partial charge in [0.25, 0.3) is 0 Å². The third kappa shape index (κ3) is 8.83. The molecule has 0 amide bonds. The van der Waals surface area contributed by atoms with Crippen molar-refractivity contribution in [3.8, 4) is 22.5 Å². The van der Waals surface area contributed by atoms with Crippen molar-refractivity contribution in [2.75, 3.05) is 0 Å². The minimum Gasteiger partial charge on any atom is 0 e. The molecule has 0 spiro atoms. The number of hydrogen-bond donors (Lipinski definition) is 0. The Kier molecular flexibility index (Phi) is 12.1. The first-order chi connectivity index (χ1) is 19.6. The molecule has 42 heavy (non-hydrogen) atoms. The van der Waals surface area contributed by atoms with Crippen LogP contribution in [-0.2, 0) is 31.9 Å². The Hall–Kier alpha value is -2.85. The Morgan fingerprint density at radius 2 is 1.29 bits per heavy atom. The molecule has 5 rings (SSSR count). The molecule has 0 fully saturated rings. The fourth-order valence-corrected chi connectivity index (χ4v) is 8.36. The van der Waals surface area contributed by atoms with E-state index in [2.05, 4.69) is 123 Å². The summed E-state index contributed by atoms with van der Waals surface area (Å²) < 4.78 is 1.54. The fourth-order valence-electron chi connectivity index (χ4n) is 5.02. The van der Waals surface area contributed by atoms with Crippen LogP contribution in [-0.4, -0.2) is 23.2 Å². The van der Waals surface area contributed by atoms with E-state index in [1.165, 1.54) is 16.7 Å². The first kappa shape index (κ1) is 33.7. The molecule has 0 saturated carbocycles. The van der Waals surface area contributed by atoms with Gasteiger partial charge in [0.1, 0.15) is 0 Å². The largest absolute Gasteiger partial charge is 0 e. The molecular formula is C38H42GeIrN2-2. The van der Waals surface area contributed by atoms with Crippen LogP contribution >= 0.6 is 0 Å². The van der Waals surface area contributed by atoms with Gasteiger partial charge in [0, 0.05) is 31.7 Å². The minimum absolute atomic E-state index is 0. The first-order valence-corrected chi connectivity index (χ1v) is 21.9. The zero-order valence-corrected chi connectivity index (χ0v) is 30.4. The number of benzene rings is 3. The fraction of sp³-hybridized carbons (Fsp3) is 0.263. The molecule has 0 aliphatic carbocycles. The van der Waals surface area contributed by atoms with Gasteiger partial charge < -0.3 is 4.98 Å². The van der Waals surface area contributed by atoms with E-state index >= 15 is 0 Å². The van der Waals surface area contributed by atoms with Crippen molar-refractivity contribution in [2.45, 2.75) is 56.8 Å². The molecular weight excluding hydrogens is 749 g/mol. The first-order valence-electron chi connectivity index (χ1n) is 14.5. The molecule has 0 unspecified atom stereocenters. The second kappa shape index (κ2) is 15.1. The number of pyridine rings is 2. The molecule has 1 radical (unpaired) electrons. The molecule has 5 aromatic rings. The van der Waals surface area contributed by atoms with E-state index < -0.39 is 13.3 Å². The van der Waals surface area contributed by atoms with Gasteiger partial charge in [0.15, 0.2) is 0 Å². The van der Waals surface area contributed by atoms with Gasteiger partial charge in [0.05, 0.1) is 0 Å². The zero-order chi connectivity index (χ0) is 29.5. The maximum Gasteiger partial charge on any atom is 0 e. The van der Waals surface area contributed by atoms with E-state index in [1.807, 2.05) is 48.7 Å². The van der Waals surface area contributed by atoms with Gasteiger partial charge in [-0.1, -0.05) is 50.2 Å². The molecule has 0 N–H and O–H groups in total. The topological polar surface area (TPSA) is 25.8 Å². The van der Waals surface area contributed by atoms with Gasteiger partial charge in [-0.15, -0.1) is 35.9 Å². The van der Waals surface area contributed by atoms with Crippen LogP contribution in [0.25, 0.3) is 22.5 Å². The molecule has 4 heteroatoms. The average molecular weight is 792 g/mol. The van der Waals surface area contributed by atoms with Crippen LogP contribution < -0.4 is 4.40 Å². The second-order valence-corrected chi connectivity index (χ2v) is 23.1. The summed E-state index contributed by atoms with van der Waals surface area (Å²) in [5, 5.41) is 0. The summed E-state index contributed by atoms with van der Waals surface area (Å²) >= 11 is -1.86. The van der Waals surface area contributed by atoms with Crippen LogP contribution in [0.3, 0.4) is 0 Å². The van der Waals surface area contributed by atoms with Crippen LogP contribution in [0.4, 0.5) is 0 Å². The van der Waals surface area contributed by atoms with E-state index in [-0.39, 0.29) is 25.5 Å². The van der Waals surface area contributed by atoms with Crippen LogP contribution in [0.1, 0.15) is 44.4 Å². The standard InChI is InChI=1S/C20H18N.C18H24GeN.Ir/c1-20(2,17-11-7-4-8-12-17)18-13-14-21-19(15-18)16-9-5-3-6-10-16;1-14(2)11-16-12-18(15-9-7-6-8-10-15)20-13-17(16)19(3,4)5;/h3-9,11-15H,1-2H3;6-9,12-14H,11H2,1-5H3;/q2*-1;. The van der Waals surface area contributed by atoms with Gasteiger partial charge in [0.2, 0.25) is 0 Å². The smallest absolute Gasteiger partial charge is 0 e. The van der Waals surface area contributed by atoms with E-state index in [4.69, 9.17) is 4.98 Å². The number of nitrogens with zero attached hydrogens (tertiary/aromatic N) is 2. The number of aromatic nitrogens is 2. The van der Waals surface area contributed by atoms with Crippen molar-refractivity contribution in [2.24, 2.45) is 5.92 Å². The molecule has 0 atom stereocenters. The molecule has 2 heterocycles. The Morgan fingerprint density at radius 3 is 1.81 bits per heavy atom.